The van der Waals surface area contributed by atoms with Crippen molar-refractivity contribution in [3.63, 3.8) is 0 Å². The van der Waals surface area contributed by atoms with Crippen LogP contribution >= 0.6 is 0 Å². The Morgan fingerprint density at radius 2 is 1.83 bits per heavy atom. The van der Waals surface area contributed by atoms with E-state index in [1.54, 1.807) is 43.3 Å². The van der Waals surface area contributed by atoms with Crippen molar-refractivity contribution in [1.82, 2.24) is 15.5 Å². The first-order valence-electron chi connectivity index (χ1n) is 9.27. The van der Waals surface area contributed by atoms with E-state index in [9.17, 15) is 9.59 Å². The summed E-state index contributed by atoms with van der Waals surface area (Å²) in [5.74, 6) is -0.315. The summed E-state index contributed by atoms with van der Waals surface area (Å²) in [5, 5.41) is 13.9. The third-order valence-corrected chi connectivity index (χ3v) is 4.12. The Hall–Kier alpha value is -3.74. The first-order valence-corrected chi connectivity index (χ1v) is 9.27. The van der Waals surface area contributed by atoms with Gasteiger partial charge in [0.25, 0.3) is 5.91 Å². The van der Waals surface area contributed by atoms with Crippen molar-refractivity contribution in [2.24, 2.45) is 0 Å². The molecule has 1 amide bonds. The number of ether oxygens (including phenoxy) is 1. The van der Waals surface area contributed by atoms with Crippen LogP contribution in [0.5, 0.6) is 0 Å². The molecular weight excluding hydrogens is 368 g/mol. The number of nitrogens with zero attached hydrogens (tertiary/aromatic N) is 2. The molecule has 148 valence electrons. The highest BCUT2D eigenvalue weighted by Crippen LogP contribution is 2.20. The largest absolute Gasteiger partial charge is 0.462 e. The first kappa shape index (κ1) is 20.0. The van der Waals surface area contributed by atoms with Gasteiger partial charge in [0.05, 0.1) is 17.9 Å². The van der Waals surface area contributed by atoms with Crippen LogP contribution in [-0.2, 0) is 11.3 Å². The maximum atomic E-state index is 12.3. The molecule has 0 saturated heterocycles. The monoisotopic (exact) mass is 390 g/mol. The van der Waals surface area contributed by atoms with Crippen molar-refractivity contribution in [1.29, 1.82) is 0 Å². The van der Waals surface area contributed by atoms with Gasteiger partial charge in [-0.25, -0.2) is 4.79 Å². The molecule has 0 bridgehead atoms. The van der Waals surface area contributed by atoms with Crippen molar-refractivity contribution in [3.05, 3.63) is 83.0 Å². The molecule has 2 aromatic carbocycles. The van der Waals surface area contributed by atoms with Gasteiger partial charge in [0.1, 0.15) is 0 Å². The second kappa shape index (κ2) is 9.45. The van der Waals surface area contributed by atoms with Crippen LogP contribution < -0.4 is 10.6 Å². The van der Waals surface area contributed by atoms with Gasteiger partial charge in [-0.15, -0.1) is 10.2 Å². The number of aryl methyl sites for hydroxylation is 1. The molecule has 7 nitrogen and oxygen atoms in total. The second-order valence-electron chi connectivity index (χ2n) is 6.37. The smallest absolute Gasteiger partial charge is 0.340 e. The standard InChI is InChI=1S/C22H22N4O3/c1-3-29-22(28)17-9-4-5-10-18(17)24-20-12-11-19(25-26-20)21(27)23-14-16-8-6-7-15(2)13-16/h4-13H,3,14H2,1-2H3,(H,23,27)(H,24,26). The third-order valence-electron chi connectivity index (χ3n) is 4.12. The Kier molecular flexibility index (Phi) is 6.52. The lowest BCUT2D eigenvalue weighted by atomic mass is 10.1. The molecule has 0 aliphatic rings. The van der Waals surface area contributed by atoms with Crippen molar-refractivity contribution in [2.45, 2.75) is 20.4 Å². The first-order chi connectivity index (χ1) is 14.1. The number of hydrogen-bond donors (Lipinski definition) is 2. The summed E-state index contributed by atoms with van der Waals surface area (Å²) < 4.78 is 5.06. The summed E-state index contributed by atoms with van der Waals surface area (Å²) in [6.07, 6.45) is 0. The molecule has 0 unspecified atom stereocenters. The fourth-order valence-electron chi connectivity index (χ4n) is 2.73. The van der Waals surface area contributed by atoms with E-state index in [2.05, 4.69) is 20.8 Å². The number of benzene rings is 2. The Balaban J connectivity index is 1.65. The zero-order valence-electron chi connectivity index (χ0n) is 16.3. The summed E-state index contributed by atoms with van der Waals surface area (Å²) in [4.78, 5) is 24.4. The Morgan fingerprint density at radius 3 is 2.55 bits per heavy atom. The lowest BCUT2D eigenvalue weighted by Crippen LogP contribution is -2.24. The quantitative estimate of drug-likeness (QED) is 0.599. The molecule has 3 aromatic rings. The van der Waals surface area contributed by atoms with Gasteiger partial charge >= 0.3 is 5.97 Å². The van der Waals surface area contributed by atoms with E-state index in [1.807, 2.05) is 31.2 Å². The van der Waals surface area contributed by atoms with E-state index in [0.29, 0.717) is 30.2 Å². The topological polar surface area (TPSA) is 93.2 Å². The fraction of sp³-hybridized carbons (Fsp3) is 0.182. The van der Waals surface area contributed by atoms with Crippen LogP contribution in [0.3, 0.4) is 0 Å². The van der Waals surface area contributed by atoms with Crippen molar-refractivity contribution >= 4 is 23.4 Å². The van der Waals surface area contributed by atoms with Crippen LogP contribution in [0.1, 0.15) is 38.9 Å². The van der Waals surface area contributed by atoms with E-state index in [1.165, 1.54) is 0 Å². The lowest BCUT2D eigenvalue weighted by Gasteiger charge is -2.10. The minimum Gasteiger partial charge on any atom is -0.462 e. The number of para-hydroxylation sites is 1. The Morgan fingerprint density at radius 1 is 1.00 bits per heavy atom. The number of amides is 1. The van der Waals surface area contributed by atoms with Crippen LogP contribution in [-0.4, -0.2) is 28.7 Å². The average molecular weight is 390 g/mol. The minimum absolute atomic E-state index is 0.210. The summed E-state index contributed by atoms with van der Waals surface area (Å²) in [6, 6.07) is 18.1. The number of hydrogen-bond acceptors (Lipinski definition) is 6. The fourth-order valence-corrected chi connectivity index (χ4v) is 2.73. The van der Waals surface area contributed by atoms with Gasteiger partial charge in [-0.3, -0.25) is 4.79 Å². The summed E-state index contributed by atoms with van der Waals surface area (Å²) in [7, 11) is 0. The normalized spacial score (nSPS) is 10.3. The number of carbonyl (C=O) groups excluding carboxylic acids is 2. The van der Waals surface area contributed by atoms with Gasteiger partial charge in [0, 0.05) is 6.54 Å². The Bertz CT molecular complexity index is 1000. The molecule has 0 saturated carbocycles. The van der Waals surface area contributed by atoms with E-state index < -0.39 is 5.97 Å². The van der Waals surface area contributed by atoms with Crippen LogP contribution in [0.15, 0.2) is 60.7 Å². The van der Waals surface area contributed by atoms with Gasteiger partial charge in [-0.1, -0.05) is 42.0 Å². The molecule has 0 atom stereocenters. The molecule has 0 aliphatic carbocycles. The van der Waals surface area contributed by atoms with Crippen molar-refractivity contribution in [2.75, 3.05) is 11.9 Å². The minimum atomic E-state index is -0.421. The summed E-state index contributed by atoms with van der Waals surface area (Å²) >= 11 is 0. The van der Waals surface area contributed by atoms with Gasteiger partial charge in [-0.2, -0.15) is 0 Å². The van der Waals surface area contributed by atoms with Crippen LogP contribution in [0.25, 0.3) is 0 Å². The molecule has 0 fully saturated rings. The average Bonchev–Trinajstić information content (AvgIpc) is 2.73. The predicted octanol–water partition coefficient (Wildman–Crippen LogP) is 3.64. The Labute approximate surface area is 169 Å². The van der Waals surface area contributed by atoms with Gasteiger partial charge in [0.15, 0.2) is 11.5 Å². The second-order valence-corrected chi connectivity index (χ2v) is 6.37. The molecule has 2 N–H and O–H groups in total. The molecule has 1 aromatic heterocycles. The summed E-state index contributed by atoms with van der Waals surface area (Å²) in [6.45, 7) is 4.46. The lowest BCUT2D eigenvalue weighted by molar-refractivity contribution is 0.0527. The molecule has 7 heteroatoms. The highest BCUT2D eigenvalue weighted by atomic mass is 16.5. The van der Waals surface area contributed by atoms with E-state index in [4.69, 9.17) is 4.74 Å². The van der Waals surface area contributed by atoms with Crippen LogP contribution in [0.2, 0.25) is 0 Å². The molecule has 0 radical (unpaired) electrons. The van der Waals surface area contributed by atoms with Crippen molar-refractivity contribution in [3.8, 4) is 0 Å². The third kappa shape index (κ3) is 5.38. The van der Waals surface area contributed by atoms with Crippen molar-refractivity contribution < 1.29 is 14.3 Å². The zero-order chi connectivity index (χ0) is 20.6. The number of esters is 1. The highest BCUT2D eigenvalue weighted by molar-refractivity contribution is 5.96. The van der Waals surface area contributed by atoms with E-state index >= 15 is 0 Å². The van der Waals surface area contributed by atoms with Gasteiger partial charge in [0.2, 0.25) is 0 Å². The molecule has 29 heavy (non-hydrogen) atoms. The summed E-state index contributed by atoms with van der Waals surface area (Å²) in [5.41, 5.74) is 3.31. The molecule has 1 heterocycles. The number of aromatic nitrogens is 2. The van der Waals surface area contributed by atoms with E-state index in [-0.39, 0.29) is 11.6 Å². The predicted molar refractivity (Wildman–Crippen MR) is 110 cm³/mol. The maximum Gasteiger partial charge on any atom is 0.340 e. The maximum absolute atomic E-state index is 12.3. The SMILES string of the molecule is CCOC(=O)c1ccccc1Nc1ccc(C(=O)NCc2cccc(C)c2)nn1. The van der Waals surface area contributed by atoms with Crippen LogP contribution in [0.4, 0.5) is 11.5 Å². The zero-order valence-corrected chi connectivity index (χ0v) is 16.3. The number of carbonyl (C=O) groups is 2. The molecular formula is C22H22N4O3. The molecule has 0 spiro atoms. The number of anilines is 2. The number of nitrogens with one attached hydrogen (secondary N) is 2. The molecule has 3 rings (SSSR count). The van der Waals surface area contributed by atoms with Gasteiger partial charge in [-0.05, 0) is 43.7 Å². The highest BCUT2D eigenvalue weighted by Gasteiger charge is 2.13. The van der Waals surface area contributed by atoms with Crippen LogP contribution in [0, 0.1) is 6.92 Å². The van der Waals surface area contributed by atoms with E-state index in [0.717, 1.165) is 11.1 Å². The molecule has 0 aliphatic heterocycles. The van der Waals surface area contributed by atoms with Gasteiger partial charge < -0.3 is 15.4 Å². The number of rotatable bonds is 7.